The maximum atomic E-state index is 13.1. The van der Waals surface area contributed by atoms with E-state index in [0.29, 0.717) is 43.2 Å². The van der Waals surface area contributed by atoms with E-state index in [-0.39, 0.29) is 40.4 Å². The topological polar surface area (TPSA) is 141 Å². The Labute approximate surface area is 245 Å². The molecule has 2 saturated heterocycles. The summed E-state index contributed by atoms with van der Waals surface area (Å²) in [5, 5.41) is 15.7. The molecule has 3 aromatic rings. The third-order valence-corrected chi connectivity index (χ3v) is 7.88. The molecule has 3 heterocycles. The SMILES string of the molecule is CCC(Oc1ncc(Cl)cc1Cl)C(=O)NCc1cccc(C(=O)N2CC3(CN(CCNc4c(O)c(=O)c4=O)C3)C2)c1. The van der Waals surface area contributed by atoms with Gasteiger partial charge in [-0.15, -0.1) is 0 Å². The predicted octanol–water partition coefficient (Wildman–Crippen LogP) is 2.03. The van der Waals surface area contributed by atoms with Crippen molar-refractivity contribution in [1.82, 2.24) is 20.1 Å². The summed E-state index contributed by atoms with van der Waals surface area (Å²) in [6, 6.07) is 8.67. The number of amides is 2. The minimum atomic E-state index is -0.849. The maximum Gasteiger partial charge on any atom is 0.271 e. The number of benzene rings is 1. The number of aromatic hydroxyl groups is 1. The Morgan fingerprint density at radius 3 is 2.59 bits per heavy atom. The molecule has 2 aliphatic rings. The average molecular weight is 602 g/mol. The van der Waals surface area contributed by atoms with Crippen molar-refractivity contribution in [3.8, 4) is 11.6 Å². The standard InChI is InChI=1S/C28H29Cl2N5O6/c1-2-20(41-26-19(30)9-18(29)11-33-26)25(39)32-10-16-4-3-5-17(8-16)27(40)35-14-28(15-35)12-34(13-28)7-6-31-21-22(36)24(38)23(21)37/h3-5,8-9,11,20,31,36H,2,6-7,10,12-15H2,1H3,(H,32,39). The Morgan fingerprint density at radius 2 is 1.90 bits per heavy atom. The summed E-state index contributed by atoms with van der Waals surface area (Å²) in [6.45, 7) is 6.13. The number of nitrogens with zero attached hydrogens (tertiary/aromatic N) is 3. The fraction of sp³-hybridized carbons (Fsp3) is 0.393. The van der Waals surface area contributed by atoms with E-state index >= 15 is 0 Å². The fourth-order valence-electron chi connectivity index (χ4n) is 5.30. The highest BCUT2D eigenvalue weighted by atomic mass is 35.5. The molecule has 1 aromatic heterocycles. The van der Waals surface area contributed by atoms with Gasteiger partial charge in [-0.2, -0.15) is 0 Å². The third kappa shape index (κ3) is 6.02. The number of pyridine rings is 1. The van der Waals surface area contributed by atoms with Crippen molar-refractivity contribution in [3.63, 3.8) is 0 Å². The number of carbonyl (C=O) groups is 2. The summed E-state index contributed by atoms with van der Waals surface area (Å²) in [6.07, 6.45) is 0.999. The molecule has 41 heavy (non-hydrogen) atoms. The maximum absolute atomic E-state index is 13.1. The second-order valence-corrected chi connectivity index (χ2v) is 11.4. The van der Waals surface area contributed by atoms with E-state index in [1.54, 1.807) is 18.2 Å². The number of likely N-dealkylation sites (tertiary alicyclic amines) is 2. The van der Waals surface area contributed by atoms with E-state index in [0.717, 1.165) is 18.7 Å². The van der Waals surface area contributed by atoms with Crippen LogP contribution in [0.2, 0.25) is 10.0 Å². The van der Waals surface area contributed by atoms with Gasteiger partial charge in [-0.1, -0.05) is 42.3 Å². The predicted molar refractivity (Wildman–Crippen MR) is 154 cm³/mol. The van der Waals surface area contributed by atoms with Gasteiger partial charge in [0, 0.05) is 63.0 Å². The fourth-order valence-corrected chi connectivity index (χ4v) is 5.72. The Kier molecular flexibility index (Phi) is 8.21. The van der Waals surface area contributed by atoms with Crippen LogP contribution in [0.15, 0.2) is 46.1 Å². The summed E-state index contributed by atoms with van der Waals surface area (Å²) in [5.74, 6) is -0.749. The zero-order valence-corrected chi connectivity index (χ0v) is 23.8. The van der Waals surface area contributed by atoms with Gasteiger partial charge in [-0.3, -0.25) is 19.2 Å². The Hall–Kier alpha value is -3.67. The number of halogens is 2. The summed E-state index contributed by atoms with van der Waals surface area (Å²) in [5.41, 5.74) is -0.128. The quantitative estimate of drug-likeness (QED) is 0.281. The average Bonchev–Trinajstić information content (AvgIpc) is 2.92. The van der Waals surface area contributed by atoms with Gasteiger partial charge < -0.3 is 30.3 Å². The number of hydrogen-bond donors (Lipinski definition) is 3. The van der Waals surface area contributed by atoms with Crippen LogP contribution in [-0.4, -0.2) is 77.1 Å². The highest BCUT2D eigenvalue weighted by Crippen LogP contribution is 2.40. The molecule has 1 atom stereocenters. The molecule has 1 spiro atoms. The van der Waals surface area contributed by atoms with Crippen LogP contribution >= 0.6 is 23.2 Å². The van der Waals surface area contributed by atoms with Crippen LogP contribution in [0.5, 0.6) is 11.6 Å². The highest BCUT2D eigenvalue weighted by molar-refractivity contribution is 6.35. The van der Waals surface area contributed by atoms with E-state index in [1.165, 1.54) is 12.3 Å². The van der Waals surface area contributed by atoms with Gasteiger partial charge in [0.15, 0.2) is 11.9 Å². The van der Waals surface area contributed by atoms with Crippen LogP contribution in [0.25, 0.3) is 0 Å². The Bertz CT molecular complexity index is 1540. The largest absolute Gasteiger partial charge is 0.502 e. The first-order valence-corrected chi connectivity index (χ1v) is 14.0. The number of rotatable bonds is 11. The van der Waals surface area contributed by atoms with Crippen molar-refractivity contribution < 1.29 is 19.4 Å². The molecular weight excluding hydrogens is 573 g/mol. The van der Waals surface area contributed by atoms with Gasteiger partial charge in [-0.25, -0.2) is 4.98 Å². The van der Waals surface area contributed by atoms with Crippen LogP contribution in [-0.2, 0) is 11.3 Å². The number of anilines is 1. The number of aromatic nitrogens is 1. The lowest BCUT2D eigenvalue weighted by molar-refractivity contribution is -0.128. The Balaban J connectivity index is 1.06. The van der Waals surface area contributed by atoms with Gasteiger partial charge in [0.25, 0.3) is 22.7 Å². The molecule has 1 unspecified atom stereocenters. The van der Waals surface area contributed by atoms with E-state index in [9.17, 15) is 24.3 Å². The van der Waals surface area contributed by atoms with Crippen molar-refractivity contribution in [1.29, 1.82) is 0 Å². The monoisotopic (exact) mass is 601 g/mol. The van der Waals surface area contributed by atoms with Crippen LogP contribution in [0.4, 0.5) is 5.69 Å². The zero-order chi connectivity index (χ0) is 29.3. The second-order valence-electron chi connectivity index (χ2n) is 10.6. The first-order chi connectivity index (χ1) is 19.6. The van der Waals surface area contributed by atoms with Crippen LogP contribution in [0.3, 0.4) is 0 Å². The highest BCUT2D eigenvalue weighted by Gasteiger charge is 2.52. The van der Waals surface area contributed by atoms with Crippen molar-refractivity contribution in [3.05, 3.63) is 78.1 Å². The lowest BCUT2D eigenvalue weighted by Gasteiger charge is -2.60. The minimum Gasteiger partial charge on any atom is -0.502 e. The van der Waals surface area contributed by atoms with E-state index in [4.69, 9.17) is 27.9 Å². The van der Waals surface area contributed by atoms with Gasteiger partial charge in [0.05, 0.1) is 5.02 Å². The van der Waals surface area contributed by atoms with Gasteiger partial charge in [0.2, 0.25) is 5.88 Å². The molecule has 3 N–H and O–H groups in total. The molecule has 0 saturated carbocycles. The molecule has 11 nitrogen and oxygen atoms in total. The number of carbonyl (C=O) groups excluding carboxylic acids is 2. The van der Waals surface area contributed by atoms with Crippen LogP contribution < -0.4 is 26.2 Å². The molecule has 0 bridgehead atoms. The molecule has 5 rings (SSSR count). The molecule has 2 aromatic carbocycles. The van der Waals surface area contributed by atoms with E-state index < -0.39 is 22.7 Å². The number of hydrogen-bond acceptors (Lipinski definition) is 9. The van der Waals surface area contributed by atoms with Crippen LogP contribution in [0.1, 0.15) is 29.3 Å². The van der Waals surface area contributed by atoms with E-state index in [1.807, 2.05) is 17.9 Å². The van der Waals surface area contributed by atoms with E-state index in [2.05, 4.69) is 20.5 Å². The van der Waals surface area contributed by atoms with Gasteiger partial charge in [0.1, 0.15) is 10.7 Å². The first-order valence-electron chi connectivity index (χ1n) is 13.2. The molecule has 0 radical (unpaired) electrons. The molecule has 13 heteroatoms. The molecule has 2 fully saturated rings. The number of ether oxygens (including phenoxy) is 1. The lowest BCUT2D eigenvalue weighted by Crippen LogP contribution is -2.73. The van der Waals surface area contributed by atoms with Gasteiger partial charge >= 0.3 is 0 Å². The molecule has 0 aliphatic carbocycles. The van der Waals surface area contributed by atoms with Crippen molar-refractivity contribution in [2.75, 3.05) is 44.6 Å². The summed E-state index contributed by atoms with van der Waals surface area (Å²) < 4.78 is 5.69. The first kappa shape index (κ1) is 28.8. The van der Waals surface area contributed by atoms with Crippen molar-refractivity contribution in [2.45, 2.75) is 26.0 Å². The van der Waals surface area contributed by atoms with Crippen LogP contribution in [0, 0.1) is 5.41 Å². The van der Waals surface area contributed by atoms with Crippen molar-refractivity contribution >= 4 is 40.7 Å². The second kappa shape index (κ2) is 11.7. The normalized spacial score (nSPS) is 16.6. The molecule has 2 amide bonds. The minimum absolute atomic E-state index is 0.00823. The number of nitrogens with one attached hydrogen (secondary N) is 2. The lowest BCUT2D eigenvalue weighted by atomic mass is 9.72. The molecule has 2 aliphatic heterocycles. The van der Waals surface area contributed by atoms with Crippen molar-refractivity contribution in [2.24, 2.45) is 5.41 Å². The smallest absolute Gasteiger partial charge is 0.271 e. The summed E-state index contributed by atoms with van der Waals surface area (Å²) in [7, 11) is 0. The molecular formula is C28H29Cl2N5O6. The third-order valence-electron chi connectivity index (χ3n) is 7.40. The summed E-state index contributed by atoms with van der Waals surface area (Å²) in [4.78, 5) is 56.4. The Morgan fingerprint density at radius 1 is 1.15 bits per heavy atom. The van der Waals surface area contributed by atoms with Gasteiger partial charge in [-0.05, 0) is 30.2 Å². The summed E-state index contributed by atoms with van der Waals surface area (Å²) >= 11 is 12.0. The zero-order valence-electron chi connectivity index (χ0n) is 22.3. The molecule has 216 valence electrons.